The largest absolute Gasteiger partial charge is 0.508 e. The number of phenolic OH excluding ortho intramolecular Hbond substituents is 1. The van der Waals surface area contributed by atoms with Crippen LogP contribution in [-0.2, 0) is 0 Å². The van der Waals surface area contributed by atoms with Crippen LogP contribution in [0.4, 0.5) is 0 Å². The summed E-state index contributed by atoms with van der Waals surface area (Å²) >= 11 is 1.26. The van der Waals surface area contributed by atoms with Crippen LogP contribution < -0.4 is 0 Å². The molecule has 0 radical (unpaired) electrons. The van der Waals surface area contributed by atoms with Crippen molar-refractivity contribution in [1.29, 1.82) is 0 Å². The van der Waals surface area contributed by atoms with Gasteiger partial charge in [0, 0.05) is 5.56 Å². The summed E-state index contributed by atoms with van der Waals surface area (Å²) in [5, 5.41) is 21.6. The van der Waals surface area contributed by atoms with Crippen LogP contribution in [0.25, 0.3) is 5.69 Å². The average molecular weight is 326 g/mol. The number of ketones is 1. The van der Waals surface area contributed by atoms with Crippen LogP contribution in [-0.4, -0.2) is 36.8 Å². The predicted octanol–water partition coefficient (Wildman–Crippen LogP) is 2.65. The second-order valence-corrected chi connectivity index (χ2v) is 5.91. The number of carbonyl (C=O) groups excluding carboxylic acids is 1. The summed E-state index contributed by atoms with van der Waals surface area (Å²) in [5.74, 6) is 0.171. The summed E-state index contributed by atoms with van der Waals surface area (Å²) in [6.45, 7) is 2.01. The fourth-order valence-corrected chi connectivity index (χ4v) is 2.80. The maximum atomic E-state index is 12.2. The van der Waals surface area contributed by atoms with Gasteiger partial charge in [0.1, 0.15) is 5.75 Å². The van der Waals surface area contributed by atoms with E-state index in [-0.39, 0.29) is 17.3 Å². The lowest BCUT2D eigenvalue weighted by Crippen LogP contribution is -2.04. The number of Topliss-reactive ketones (excluding diaryl/α,β-unsaturated/α-hetero) is 1. The Morgan fingerprint density at radius 3 is 2.74 bits per heavy atom. The van der Waals surface area contributed by atoms with E-state index >= 15 is 0 Å². The predicted molar refractivity (Wildman–Crippen MR) is 87.1 cm³/mol. The molecule has 116 valence electrons. The second kappa shape index (κ2) is 6.62. The summed E-state index contributed by atoms with van der Waals surface area (Å²) in [7, 11) is 0. The van der Waals surface area contributed by atoms with Crippen molar-refractivity contribution >= 4 is 17.5 Å². The van der Waals surface area contributed by atoms with E-state index in [0.717, 1.165) is 11.3 Å². The molecular formula is C16H14N4O2S. The molecular weight excluding hydrogens is 312 g/mol. The molecule has 3 aromatic rings. The fraction of sp³-hybridized carbons (Fsp3) is 0.125. The number of nitrogens with zero attached hydrogens (tertiary/aromatic N) is 4. The van der Waals surface area contributed by atoms with Gasteiger partial charge in [0.05, 0.1) is 11.4 Å². The third-order valence-corrected chi connectivity index (χ3v) is 4.14. The molecule has 0 fully saturated rings. The number of aromatic nitrogens is 4. The Labute approximate surface area is 137 Å². The van der Waals surface area contributed by atoms with Crippen LogP contribution >= 0.6 is 11.8 Å². The lowest BCUT2D eigenvalue weighted by Gasteiger charge is -2.04. The van der Waals surface area contributed by atoms with Crippen LogP contribution in [0.15, 0.2) is 53.7 Å². The first-order valence-corrected chi connectivity index (χ1v) is 7.92. The van der Waals surface area contributed by atoms with E-state index in [2.05, 4.69) is 15.5 Å². The molecule has 0 amide bonds. The zero-order valence-corrected chi connectivity index (χ0v) is 13.2. The second-order valence-electron chi connectivity index (χ2n) is 4.97. The molecule has 0 saturated carbocycles. The number of hydrogen-bond acceptors (Lipinski definition) is 6. The van der Waals surface area contributed by atoms with E-state index in [1.807, 2.05) is 31.2 Å². The molecule has 0 atom stereocenters. The molecule has 3 rings (SSSR count). The van der Waals surface area contributed by atoms with Gasteiger partial charge in [-0.15, -0.1) is 5.10 Å². The summed E-state index contributed by atoms with van der Waals surface area (Å²) in [6.07, 6.45) is 0. The van der Waals surface area contributed by atoms with Crippen molar-refractivity contribution in [2.24, 2.45) is 0 Å². The van der Waals surface area contributed by atoms with E-state index < -0.39 is 0 Å². The average Bonchev–Trinajstić information content (AvgIpc) is 3.02. The van der Waals surface area contributed by atoms with E-state index in [9.17, 15) is 9.90 Å². The number of carbonyl (C=O) groups is 1. The molecule has 0 saturated heterocycles. The van der Waals surface area contributed by atoms with Crippen molar-refractivity contribution in [3.05, 3.63) is 59.7 Å². The number of phenols is 1. The van der Waals surface area contributed by atoms with Crippen molar-refractivity contribution in [3.8, 4) is 11.4 Å². The molecule has 0 aliphatic carbocycles. The number of benzene rings is 2. The van der Waals surface area contributed by atoms with Gasteiger partial charge in [0.2, 0.25) is 5.16 Å². The maximum absolute atomic E-state index is 12.2. The highest BCUT2D eigenvalue weighted by atomic mass is 32.2. The highest BCUT2D eigenvalue weighted by molar-refractivity contribution is 7.99. The molecule has 23 heavy (non-hydrogen) atoms. The van der Waals surface area contributed by atoms with E-state index in [0.29, 0.717) is 10.7 Å². The first-order chi connectivity index (χ1) is 11.1. The quantitative estimate of drug-likeness (QED) is 0.573. The van der Waals surface area contributed by atoms with Gasteiger partial charge in [0.15, 0.2) is 5.78 Å². The third-order valence-electron chi connectivity index (χ3n) is 3.22. The number of hydrogen-bond donors (Lipinski definition) is 1. The van der Waals surface area contributed by atoms with Gasteiger partial charge < -0.3 is 5.11 Å². The Bertz CT molecular complexity index is 830. The molecule has 1 N–H and O–H groups in total. The number of tetrazole rings is 1. The minimum atomic E-state index is -0.0932. The van der Waals surface area contributed by atoms with Crippen LogP contribution in [0.5, 0.6) is 5.75 Å². The molecule has 2 aromatic carbocycles. The lowest BCUT2D eigenvalue weighted by atomic mass is 10.1. The maximum Gasteiger partial charge on any atom is 0.214 e. The van der Waals surface area contributed by atoms with Crippen molar-refractivity contribution in [2.75, 3.05) is 5.75 Å². The highest BCUT2D eigenvalue weighted by Crippen LogP contribution is 2.20. The minimum absolute atomic E-state index is 0.0744. The van der Waals surface area contributed by atoms with Gasteiger partial charge >= 0.3 is 0 Å². The summed E-state index contributed by atoms with van der Waals surface area (Å²) in [5.41, 5.74) is 2.45. The molecule has 1 heterocycles. The van der Waals surface area contributed by atoms with Crippen LogP contribution in [0, 0.1) is 6.92 Å². The number of rotatable bonds is 5. The molecule has 1 aromatic heterocycles. The number of thioether (sulfide) groups is 1. The van der Waals surface area contributed by atoms with Gasteiger partial charge in [-0.3, -0.25) is 4.79 Å². The van der Waals surface area contributed by atoms with Gasteiger partial charge in [-0.05, 0) is 41.6 Å². The van der Waals surface area contributed by atoms with Gasteiger partial charge in [-0.25, -0.2) is 0 Å². The standard InChI is InChI=1S/C16H14N4O2S/c1-11-5-7-13(8-6-11)20-16(17-18-19-20)23-10-15(22)12-3-2-4-14(21)9-12/h2-9,21H,10H2,1H3. The van der Waals surface area contributed by atoms with Crippen molar-refractivity contribution in [2.45, 2.75) is 12.1 Å². The summed E-state index contributed by atoms with van der Waals surface area (Å²) in [6, 6.07) is 14.1. The molecule has 7 heteroatoms. The van der Waals surface area contributed by atoms with Crippen LogP contribution in [0.1, 0.15) is 15.9 Å². The number of aromatic hydroxyl groups is 1. The van der Waals surface area contributed by atoms with Crippen LogP contribution in [0.3, 0.4) is 0 Å². The molecule has 0 spiro atoms. The fourth-order valence-electron chi connectivity index (χ4n) is 2.01. The van der Waals surface area contributed by atoms with Crippen molar-refractivity contribution < 1.29 is 9.90 Å². The first kappa shape index (κ1) is 15.2. The summed E-state index contributed by atoms with van der Waals surface area (Å²) in [4.78, 5) is 12.2. The third kappa shape index (κ3) is 3.57. The number of aryl methyl sites for hydroxylation is 1. The Morgan fingerprint density at radius 1 is 1.22 bits per heavy atom. The first-order valence-electron chi connectivity index (χ1n) is 6.94. The minimum Gasteiger partial charge on any atom is -0.508 e. The Morgan fingerprint density at radius 2 is 2.00 bits per heavy atom. The molecule has 0 unspecified atom stereocenters. The van der Waals surface area contributed by atoms with Crippen LogP contribution in [0.2, 0.25) is 0 Å². The Hall–Kier alpha value is -2.67. The van der Waals surface area contributed by atoms with E-state index in [1.165, 1.54) is 23.9 Å². The topological polar surface area (TPSA) is 80.9 Å². The lowest BCUT2D eigenvalue weighted by molar-refractivity contribution is 0.102. The smallest absolute Gasteiger partial charge is 0.214 e. The molecule has 0 aliphatic heterocycles. The molecule has 0 aliphatic rings. The Kier molecular flexibility index (Phi) is 4.38. The van der Waals surface area contributed by atoms with E-state index in [1.54, 1.807) is 16.8 Å². The van der Waals surface area contributed by atoms with Crippen molar-refractivity contribution in [3.63, 3.8) is 0 Å². The highest BCUT2D eigenvalue weighted by Gasteiger charge is 2.13. The van der Waals surface area contributed by atoms with Gasteiger partial charge in [0.25, 0.3) is 0 Å². The monoisotopic (exact) mass is 326 g/mol. The van der Waals surface area contributed by atoms with E-state index in [4.69, 9.17) is 0 Å². The molecule has 0 bridgehead atoms. The SMILES string of the molecule is Cc1ccc(-n2nnnc2SCC(=O)c2cccc(O)c2)cc1. The normalized spacial score (nSPS) is 10.7. The Balaban J connectivity index is 1.73. The van der Waals surface area contributed by atoms with Crippen molar-refractivity contribution in [1.82, 2.24) is 20.2 Å². The molecule has 6 nitrogen and oxygen atoms in total. The zero-order chi connectivity index (χ0) is 16.2. The van der Waals surface area contributed by atoms with Gasteiger partial charge in [-0.1, -0.05) is 41.6 Å². The zero-order valence-electron chi connectivity index (χ0n) is 12.4. The van der Waals surface area contributed by atoms with Gasteiger partial charge in [-0.2, -0.15) is 4.68 Å². The summed E-state index contributed by atoms with van der Waals surface area (Å²) < 4.78 is 1.60.